The van der Waals surface area contributed by atoms with E-state index in [9.17, 15) is 4.79 Å². The van der Waals surface area contributed by atoms with Gasteiger partial charge >= 0.3 is 0 Å². The van der Waals surface area contributed by atoms with E-state index in [1.54, 1.807) is 19.4 Å². The fourth-order valence-electron chi connectivity index (χ4n) is 6.09. The Morgan fingerprint density at radius 2 is 2.15 bits per heavy atom. The Hall–Kier alpha value is -2.53. The van der Waals surface area contributed by atoms with Gasteiger partial charge in [-0.15, -0.1) is 0 Å². The molecule has 5 rings (SSSR count). The highest BCUT2D eigenvalue weighted by molar-refractivity contribution is 5.92. The first-order valence-electron chi connectivity index (χ1n) is 12.5. The van der Waals surface area contributed by atoms with Crippen LogP contribution in [-0.2, 0) is 10.2 Å². The van der Waals surface area contributed by atoms with Crippen molar-refractivity contribution in [2.75, 3.05) is 26.7 Å². The van der Waals surface area contributed by atoms with Crippen LogP contribution in [0.25, 0.3) is 6.08 Å². The molecule has 0 spiro atoms. The van der Waals surface area contributed by atoms with E-state index in [2.05, 4.69) is 28.4 Å². The Morgan fingerprint density at radius 3 is 2.91 bits per heavy atom. The number of benzene rings is 1. The number of aryl methyl sites for hydroxylation is 1. The van der Waals surface area contributed by atoms with Crippen LogP contribution in [0.3, 0.4) is 0 Å². The number of ether oxygens (including phenoxy) is 1. The molecule has 1 aromatic carbocycles. The molecule has 2 aromatic rings. The van der Waals surface area contributed by atoms with E-state index in [1.165, 1.54) is 31.5 Å². The van der Waals surface area contributed by atoms with Gasteiger partial charge in [0.1, 0.15) is 11.5 Å². The third-order valence-electron chi connectivity index (χ3n) is 8.13. The smallest absolute Gasteiger partial charge is 0.244 e. The third kappa shape index (κ3) is 4.89. The van der Waals surface area contributed by atoms with Gasteiger partial charge in [0, 0.05) is 36.2 Å². The number of carbonyl (C=O) groups excluding carboxylic acids is 1. The number of piperidine rings is 1. The van der Waals surface area contributed by atoms with Crippen LogP contribution in [-0.4, -0.2) is 43.6 Å². The highest BCUT2D eigenvalue weighted by atomic mass is 16.5. The molecule has 3 aliphatic rings. The van der Waals surface area contributed by atoms with E-state index in [-0.39, 0.29) is 17.4 Å². The molecule has 1 saturated heterocycles. The summed E-state index contributed by atoms with van der Waals surface area (Å²) in [4.78, 5) is 15.4. The number of amides is 1. The standard InChI is InChI=1S/C28H36N2O3/c1-20-22(12-15-33-20)8-11-27(31)29-25-10-9-24-19-30(18-21-6-7-21)14-13-28(24,17-25)23-4-3-5-26(16-23)32-2/h3-5,8,11-12,15-16,21,24-25H,6-7,9-10,13-14,17-19H2,1-2H3,(H,29,31)/b11-8+/t24-,25-,28+/m1/s1. The molecule has 1 amide bonds. The van der Waals surface area contributed by atoms with E-state index >= 15 is 0 Å². The zero-order valence-electron chi connectivity index (χ0n) is 19.9. The van der Waals surface area contributed by atoms with E-state index in [1.807, 2.05) is 25.1 Å². The molecule has 1 aliphatic heterocycles. The minimum Gasteiger partial charge on any atom is -0.497 e. The van der Waals surface area contributed by atoms with Gasteiger partial charge in [-0.25, -0.2) is 0 Å². The van der Waals surface area contributed by atoms with Crippen LogP contribution in [0, 0.1) is 18.8 Å². The molecule has 3 fully saturated rings. The quantitative estimate of drug-likeness (QED) is 0.609. The number of methoxy groups -OCH3 is 1. The average molecular weight is 449 g/mol. The van der Waals surface area contributed by atoms with Crippen LogP contribution in [0.2, 0.25) is 0 Å². The zero-order valence-corrected chi connectivity index (χ0v) is 19.9. The Labute approximate surface area is 197 Å². The van der Waals surface area contributed by atoms with Crippen molar-refractivity contribution < 1.29 is 13.9 Å². The number of nitrogens with zero attached hydrogens (tertiary/aromatic N) is 1. The lowest BCUT2D eigenvalue weighted by Gasteiger charge is -2.53. The van der Waals surface area contributed by atoms with Crippen molar-refractivity contribution in [3.05, 3.63) is 59.6 Å². The normalized spacial score (nSPS) is 27.9. The first-order valence-corrected chi connectivity index (χ1v) is 12.5. The van der Waals surface area contributed by atoms with Gasteiger partial charge in [-0.05, 0) is 93.7 Å². The first-order chi connectivity index (χ1) is 16.1. The summed E-state index contributed by atoms with van der Waals surface area (Å²) in [7, 11) is 1.74. The second kappa shape index (κ2) is 9.38. The van der Waals surface area contributed by atoms with Crippen LogP contribution in [0.15, 0.2) is 47.1 Å². The van der Waals surface area contributed by atoms with E-state index in [0.29, 0.717) is 5.92 Å². The molecular formula is C28H36N2O3. The lowest BCUT2D eigenvalue weighted by Crippen LogP contribution is -2.56. The molecule has 5 heteroatoms. The fourth-order valence-corrected chi connectivity index (χ4v) is 6.09. The third-order valence-corrected chi connectivity index (χ3v) is 8.13. The number of fused-ring (bicyclic) bond motifs is 1. The summed E-state index contributed by atoms with van der Waals surface area (Å²) in [6.45, 7) is 5.49. The Morgan fingerprint density at radius 1 is 1.27 bits per heavy atom. The molecule has 2 heterocycles. The molecule has 0 bridgehead atoms. The van der Waals surface area contributed by atoms with Crippen LogP contribution >= 0.6 is 0 Å². The first kappa shape index (κ1) is 22.3. The minimum absolute atomic E-state index is 0.0222. The predicted molar refractivity (Wildman–Crippen MR) is 130 cm³/mol. The van der Waals surface area contributed by atoms with Gasteiger partial charge in [0.2, 0.25) is 5.91 Å². The Kier molecular flexibility index (Phi) is 6.33. The van der Waals surface area contributed by atoms with Crippen molar-refractivity contribution in [2.45, 2.75) is 56.9 Å². The number of hydrogen-bond donors (Lipinski definition) is 1. The number of hydrogen-bond acceptors (Lipinski definition) is 4. The van der Waals surface area contributed by atoms with Gasteiger partial charge in [0.25, 0.3) is 0 Å². The van der Waals surface area contributed by atoms with Gasteiger partial charge in [0.15, 0.2) is 0 Å². The van der Waals surface area contributed by atoms with Gasteiger partial charge in [-0.2, -0.15) is 0 Å². The van der Waals surface area contributed by atoms with Crippen LogP contribution in [0.5, 0.6) is 5.75 Å². The molecule has 2 saturated carbocycles. The number of carbonyl (C=O) groups is 1. The minimum atomic E-state index is -0.0222. The molecule has 1 N–H and O–H groups in total. The van der Waals surface area contributed by atoms with E-state index in [4.69, 9.17) is 9.15 Å². The Balaban J connectivity index is 1.33. The number of nitrogens with one attached hydrogen (secondary N) is 1. The summed E-state index contributed by atoms with van der Waals surface area (Å²) in [5.74, 6) is 3.27. The SMILES string of the molecule is COc1cccc([C@@]23CCN(CC4CC4)C[C@H]2CC[C@@H](NC(=O)/C=C/c2ccoc2C)C3)c1. The zero-order chi connectivity index (χ0) is 22.8. The molecule has 2 aliphatic carbocycles. The highest BCUT2D eigenvalue weighted by Crippen LogP contribution is 2.50. The summed E-state index contributed by atoms with van der Waals surface area (Å²) >= 11 is 0. The lowest BCUT2D eigenvalue weighted by molar-refractivity contribution is -0.117. The van der Waals surface area contributed by atoms with Gasteiger partial charge in [0.05, 0.1) is 13.4 Å². The van der Waals surface area contributed by atoms with Crippen LogP contribution < -0.4 is 10.1 Å². The average Bonchev–Trinajstić information content (AvgIpc) is 3.55. The largest absolute Gasteiger partial charge is 0.497 e. The van der Waals surface area contributed by atoms with Crippen molar-refractivity contribution in [1.82, 2.24) is 10.2 Å². The maximum atomic E-state index is 12.7. The second-order valence-electron chi connectivity index (χ2n) is 10.3. The van der Waals surface area contributed by atoms with Crippen LogP contribution in [0.1, 0.15) is 55.4 Å². The molecular weight excluding hydrogens is 412 g/mol. The predicted octanol–water partition coefficient (Wildman–Crippen LogP) is 4.95. The lowest BCUT2D eigenvalue weighted by atomic mass is 9.58. The van der Waals surface area contributed by atoms with Crippen molar-refractivity contribution >= 4 is 12.0 Å². The summed E-state index contributed by atoms with van der Waals surface area (Å²) in [6.07, 6.45) is 12.3. The van der Waals surface area contributed by atoms with Gasteiger partial charge in [-0.3, -0.25) is 4.79 Å². The Bertz CT molecular complexity index is 1010. The topological polar surface area (TPSA) is 54.7 Å². The van der Waals surface area contributed by atoms with Crippen molar-refractivity contribution in [2.24, 2.45) is 11.8 Å². The number of likely N-dealkylation sites (tertiary alicyclic amines) is 1. The van der Waals surface area contributed by atoms with E-state index < -0.39 is 0 Å². The maximum Gasteiger partial charge on any atom is 0.244 e. The second-order valence-corrected chi connectivity index (χ2v) is 10.3. The van der Waals surface area contributed by atoms with Crippen LogP contribution in [0.4, 0.5) is 0 Å². The molecule has 33 heavy (non-hydrogen) atoms. The summed E-state index contributed by atoms with van der Waals surface area (Å²) in [6, 6.07) is 10.7. The summed E-state index contributed by atoms with van der Waals surface area (Å²) < 4.78 is 10.9. The highest BCUT2D eigenvalue weighted by Gasteiger charge is 2.48. The monoisotopic (exact) mass is 448 g/mol. The van der Waals surface area contributed by atoms with Crippen molar-refractivity contribution in [3.63, 3.8) is 0 Å². The number of furan rings is 1. The fraction of sp³-hybridized carbons (Fsp3) is 0.536. The summed E-state index contributed by atoms with van der Waals surface area (Å²) in [5.41, 5.74) is 2.42. The number of rotatable bonds is 7. The molecule has 5 nitrogen and oxygen atoms in total. The van der Waals surface area contributed by atoms with E-state index in [0.717, 1.165) is 55.2 Å². The van der Waals surface area contributed by atoms with Crippen molar-refractivity contribution in [1.29, 1.82) is 0 Å². The maximum absolute atomic E-state index is 12.7. The van der Waals surface area contributed by atoms with Gasteiger partial charge < -0.3 is 19.4 Å². The molecule has 0 unspecified atom stereocenters. The molecule has 3 atom stereocenters. The van der Waals surface area contributed by atoms with Crippen molar-refractivity contribution in [3.8, 4) is 5.75 Å². The van der Waals surface area contributed by atoms with Gasteiger partial charge in [-0.1, -0.05) is 12.1 Å². The molecule has 176 valence electrons. The molecule has 0 radical (unpaired) electrons. The molecule has 1 aromatic heterocycles. The summed E-state index contributed by atoms with van der Waals surface area (Å²) in [5, 5.41) is 3.31.